The lowest BCUT2D eigenvalue weighted by atomic mass is 10.1. The predicted molar refractivity (Wildman–Crippen MR) is 60.6 cm³/mol. The largest absolute Gasteiger partial charge is 0.387 e. The number of nitrogens with one attached hydrogen (secondary N) is 1. The highest BCUT2D eigenvalue weighted by atomic mass is 15.2. The maximum Gasteiger partial charge on any atom is 0.0947 e. The second kappa shape index (κ2) is 5.35. The zero-order valence-electron chi connectivity index (χ0n) is 9.42. The highest BCUT2D eigenvalue weighted by Crippen LogP contribution is 2.27. The Morgan fingerprint density at radius 3 is 2.64 bits per heavy atom. The van der Waals surface area contributed by atoms with Crippen molar-refractivity contribution in [3.8, 4) is 0 Å². The van der Waals surface area contributed by atoms with Crippen LogP contribution in [0.5, 0.6) is 0 Å². The summed E-state index contributed by atoms with van der Waals surface area (Å²) in [6, 6.07) is 0.795. The number of amidine groups is 1. The molecule has 0 saturated heterocycles. The second-order valence-corrected chi connectivity index (χ2v) is 4.44. The van der Waals surface area contributed by atoms with Crippen LogP contribution in [-0.2, 0) is 0 Å². The average Bonchev–Trinajstić information content (AvgIpc) is 2.94. The van der Waals surface area contributed by atoms with Crippen molar-refractivity contribution in [2.75, 3.05) is 13.1 Å². The van der Waals surface area contributed by atoms with Crippen molar-refractivity contribution in [2.24, 2.45) is 11.7 Å². The molecule has 0 spiro atoms. The summed E-state index contributed by atoms with van der Waals surface area (Å²) in [6.45, 7) is 6.42. The van der Waals surface area contributed by atoms with Crippen molar-refractivity contribution in [1.82, 2.24) is 4.90 Å². The first-order valence-electron chi connectivity index (χ1n) is 5.73. The van der Waals surface area contributed by atoms with Crippen LogP contribution >= 0.6 is 0 Å². The van der Waals surface area contributed by atoms with Gasteiger partial charge < -0.3 is 5.73 Å². The molecule has 1 aliphatic carbocycles. The van der Waals surface area contributed by atoms with E-state index in [0.717, 1.165) is 12.6 Å². The molecule has 0 aromatic rings. The molecule has 3 N–H and O–H groups in total. The Labute approximate surface area is 87.2 Å². The molecule has 0 amide bonds. The minimum atomic E-state index is 0.215. The van der Waals surface area contributed by atoms with Crippen LogP contribution in [0.4, 0.5) is 0 Å². The van der Waals surface area contributed by atoms with Crippen LogP contribution < -0.4 is 5.73 Å². The molecule has 0 aromatic carbocycles. The highest BCUT2D eigenvalue weighted by Gasteiger charge is 2.29. The van der Waals surface area contributed by atoms with Gasteiger partial charge in [0.25, 0.3) is 0 Å². The zero-order valence-corrected chi connectivity index (χ0v) is 9.42. The minimum absolute atomic E-state index is 0.215. The zero-order chi connectivity index (χ0) is 10.6. The summed E-state index contributed by atoms with van der Waals surface area (Å²) in [5, 5.41) is 7.38. The lowest BCUT2D eigenvalue weighted by Crippen LogP contribution is -2.36. The molecule has 0 aliphatic heterocycles. The second-order valence-electron chi connectivity index (χ2n) is 4.44. The van der Waals surface area contributed by atoms with Crippen molar-refractivity contribution in [1.29, 1.82) is 5.41 Å². The molecular weight excluding hydrogens is 174 g/mol. The van der Waals surface area contributed by atoms with Crippen molar-refractivity contribution >= 4 is 5.84 Å². The van der Waals surface area contributed by atoms with E-state index in [-0.39, 0.29) is 5.92 Å². The summed E-state index contributed by atoms with van der Waals surface area (Å²) in [6.07, 6.45) is 5.20. The smallest absolute Gasteiger partial charge is 0.0947 e. The first kappa shape index (κ1) is 11.5. The fourth-order valence-corrected chi connectivity index (χ4v) is 1.67. The van der Waals surface area contributed by atoms with Gasteiger partial charge in [0.15, 0.2) is 0 Å². The number of rotatable bonds is 7. The molecule has 1 aliphatic rings. The van der Waals surface area contributed by atoms with Crippen LogP contribution in [0, 0.1) is 11.3 Å². The van der Waals surface area contributed by atoms with Gasteiger partial charge in [-0.15, -0.1) is 0 Å². The van der Waals surface area contributed by atoms with E-state index < -0.39 is 0 Å². The van der Waals surface area contributed by atoms with Crippen LogP contribution in [0.25, 0.3) is 0 Å². The maximum absolute atomic E-state index is 7.38. The van der Waals surface area contributed by atoms with Gasteiger partial charge in [-0.1, -0.05) is 20.3 Å². The summed E-state index contributed by atoms with van der Waals surface area (Å²) in [5.74, 6) is 0.541. The summed E-state index contributed by atoms with van der Waals surface area (Å²) in [4.78, 5) is 2.51. The Hall–Kier alpha value is -0.570. The van der Waals surface area contributed by atoms with E-state index >= 15 is 0 Å². The van der Waals surface area contributed by atoms with E-state index in [9.17, 15) is 0 Å². The van der Waals surface area contributed by atoms with Gasteiger partial charge in [-0.25, -0.2) is 0 Å². The molecule has 3 heteroatoms. The molecule has 0 radical (unpaired) electrons. The molecular formula is C11H23N3. The molecule has 1 unspecified atom stereocenters. The maximum atomic E-state index is 7.38. The fraction of sp³-hybridized carbons (Fsp3) is 0.909. The monoisotopic (exact) mass is 197 g/mol. The molecule has 1 rings (SSSR count). The van der Waals surface area contributed by atoms with E-state index in [4.69, 9.17) is 11.1 Å². The molecule has 1 fully saturated rings. The van der Waals surface area contributed by atoms with Gasteiger partial charge in [-0.05, 0) is 25.8 Å². The Morgan fingerprint density at radius 1 is 1.57 bits per heavy atom. The third-order valence-electron chi connectivity index (χ3n) is 2.90. The van der Waals surface area contributed by atoms with Crippen LogP contribution in [0.15, 0.2) is 0 Å². The molecule has 0 heterocycles. The number of nitrogens with zero attached hydrogens (tertiary/aromatic N) is 1. The summed E-state index contributed by atoms with van der Waals surface area (Å²) in [5.41, 5.74) is 5.49. The highest BCUT2D eigenvalue weighted by molar-refractivity contribution is 5.79. The van der Waals surface area contributed by atoms with Crippen LogP contribution in [-0.4, -0.2) is 29.9 Å². The van der Waals surface area contributed by atoms with Gasteiger partial charge in [0.1, 0.15) is 0 Å². The summed E-state index contributed by atoms with van der Waals surface area (Å²) < 4.78 is 0. The quantitative estimate of drug-likeness (QED) is 0.483. The molecule has 3 nitrogen and oxygen atoms in total. The third kappa shape index (κ3) is 3.66. The first-order chi connectivity index (χ1) is 6.65. The summed E-state index contributed by atoms with van der Waals surface area (Å²) >= 11 is 0. The molecule has 14 heavy (non-hydrogen) atoms. The Balaban J connectivity index is 2.30. The average molecular weight is 197 g/mol. The number of hydrogen-bond acceptors (Lipinski definition) is 2. The molecule has 0 aromatic heterocycles. The predicted octanol–water partition coefficient (Wildman–Crippen LogP) is 1.82. The third-order valence-corrected chi connectivity index (χ3v) is 2.90. The summed E-state index contributed by atoms with van der Waals surface area (Å²) in [7, 11) is 0. The van der Waals surface area contributed by atoms with Crippen molar-refractivity contribution in [3.05, 3.63) is 0 Å². The van der Waals surface area contributed by atoms with Crippen molar-refractivity contribution in [3.63, 3.8) is 0 Å². The number of hydrogen-bond donors (Lipinski definition) is 2. The van der Waals surface area contributed by atoms with Gasteiger partial charge in [0, 0.05) is 18.5 Å². The Kier molecular flexibility index (Phi) is 4.39. The van der Waals surface area contributed by atoms with Gasteiger partial charge in [0.2, 0.25) is 0 Å². The Morgan fingerprint density at radius 2 is 2.21 bits per heavy atom. The molecule has 0 bridgehead atoms. The van der Waals surface area contributed by atoms with E-state index in [1.807, 2.05) is 6.92 Å². The van der Waals surface area contributed by atoms with E-state index in [1.54, 1.807) is 0 Å². The normalized spacial score (nSPS) is 18.5. The SMILES string of the molecule is CCCCN(CC(C)C(=N)N)C1CC1. The van der Waals surface area contributed by atoms with Crippen LogP contribution in [0.2, 0.25) is 0 Å². The van der Waals surface area contributed by atoms with Gasteiger partial charge >= 0.3 is 0 Å². The van der Waals surface area contributed by atoms with Crippen LogP contribution in [0.3, 0.4) is 0 Å². The standard InChI is InChI=1S/C11H23N3/c1-3-4-7-14(10-5-6-10)8-9(2)11(12)13/h9-10H,3-8H2,1-2H3,(H3,12,13). The van der Waals surface area contributed by atoms with E-state index in [0.29, 0.717) is 5.84 Å². The van der Waals surface area contributed by atoms with Crippen molar-refractivity contribution < 1.29 is 0 Å². The number of unbranched alkanes of at least 4 members (excludes halogenated alkanes) is 1. The first-order valence-corrected chi connectivity index (χ1v) is 5.73. The molecule has 82 valence electrons. The van der Waals surface area contributed by atoms with Crippen LogP contribution in [0.1, 0.15) is 39.5 Å². The van der Waals surface area contributed by atoms with Gasteiger partial charge in [0.05, 0.1) is 5.84 Å². The molecule has 1 atom stereocenters. The van der Waals surface area contributed by atoms with Gasteiger partial charge in [-0.3, -0.25) is 10.3 Å². The molecule has 1 saturated carbocycles. The Bertz CT molecular complexity index is 187. The minimum Gasteiger partial charge on any atom is -0.387 e. The fourth-order valence-electron chi connectivity index (χ4n) is 1.67. The van der Waals surface area contributed by atoms with E-state index in [1.165, 1.54) is 32.2 Å². The van der Waals surface area contributed by atoms with E-state index in [2.05, 4.69) is 11.8 Å². The lowest BCUT2D eigenvalue weighted by molar-refractivity contribution is 0.244. The van der Waals surface area contributed by atoms with Crippen molar-refractivity contribution in [2.45, 2.75) is 45.6 Å². The van der Waals surface area contributed by atoms with Gasteiger partial charge in [-0.2, -0.15) is 0 Å². The number of nitrogens with two attached hydrogens (primary N) is 1. The topological polar surface area (TPSA) is 53.1 Å². The lowest BCUT2D eigenvalue weighted by Gasteiger charge is -2.24.